The molecule has 77 heavy (non-hydrogen) atoms. The van der Waals surface area contributed by atoms with Crippen LogP contribution in [0.15, 0.2) is 52.0 Å². The zero-order valence-corrected chi connectivity index (χ0v) is 40.1. The standard InChI is InChI=1S/C72H13NO3S/c1-9-4-6-10(7-5-9)77(74,75)73-71(11-3-2-8-76-11)72-68-64-58-44-36-28-16-13-12-14-17(16)29-31-27-21(14)23-19-15(12)18-22-20(13)26-30(28)42(44)50-48-34(26)32(22)40-38-24(18)25(19)39-41-33(23)35(27)49-51-43(31)45(37(29)36)59(58)65(68)61(51)63-55(49)53(41)57-47(39)46(38)56-52(40)54(48)62(60(50)64)69(72)66(56)67(57)70(63)72/h2-8,68,71,73H,1H3. The summed E-state index contributed by atoms with van der Waals surface area (Å²) < 4.78 is 42.5. The Balaban J connectivity index is 1.06. The summed E-state index contributed by atoms with van der Waals surface area (Å²) in [6.07, 6.45) is 1.80. The van der Waals surface area contributed by atoms with E-state index < -0.39 is 21.5 Å². The first-order chi connectivity index (χ1) is 38.1. The predicted octanol–water partition coefficient (Wildman–Crippen LogP) is 18.8. The van der Waals surface area contributed by atoms with Crippen molar-refractivity contribution < 1.29 is 12.8 Å². The molecule has 0 spiro atoms. The Hall–Kier alpha value is -9.13. The molecule has 0 bridgehead atoms. The van der Waals surface area contributed by atoms with Crippen molar-refractivity contribution in [3.8, 4) is 0 Å². The molecule has 5 heteroatoms. The smallest absolute Gasteiger partial charge is 0.241 e. The molecule has 1 aromatic heterocycles. The van der Waals surface area contributed by atoms with E-state index in [9.17, 15) is 0 Å². The Bertz CT molecular complexity index is 7720. The largest absolute Gasteiger partial charge is 0.468 e. The first-order valence-corrected chi connectivity index (χ1v) is 29.4. The lowest BCUT2D eigenvalue weighted by atomic mass is 9.54. The van der Waals surface area contributed by atoms with Crippen LogP contribution in [-0.2, 0) is 15.4 Å². The summed E-state index contributed by atoms with van der Waals surface area (Å²) in [4.78, 5) is 0.295. The molecular weight excluding hydrogens is 959 g/mol. The summed E-state index contributed by atoms with van der Waals surface area (Å²) in [7, 11) is -4.14. The van der Waals surface area contributed by atoms with Gasteiger partial charge in [0.15, 0.2) is 0 Å². The van der Waals surface area contributed by atoms with E-state index in [1.807, 2.05) is 37.3 Å². The zero-order chi connectivity index (χ0) is 46.7. The van der Waals surface area contributed by atoms with E-state index in [4.69, 9.17) is 4.42 Å². The van der Waals surface area contributed by atoms with Crippen LogP contribution in [0.2, 0.25) is 0 Å². The van der Waals surface area contributed by atoms with Crippen molar-refractivity contribution >= 4 is 301 Å². The van der Waals surface area contributed by atoms with Gasteiger partial charge in [0, 0.05) is 5.92 Å². The summed E-state index contributed by atoms with van der Waals surface area (Å²) in [6.45, 7) is 2.04. The number of furan rings is 1. The average Bonchev–Trinajstić information content (AvgIpc) is 1.52. The normalized spacial score (nSPS) is 20.6. The molecule has 4 nitrogen and oxygen atoms in total. The number of sulfonamides is 1. The lowest BCUT2D eigenvalue weighted by molar-refractivity contribution is 0.314. The third-order valence-electron chi connectivity index (χ3n) is 26.1. The summed E-state index contributed by atoms with van der Waals surface area (Å²) >= 11 is 0. The van der Waals surface area contributed by atoms with Gasteiger partial charge in [0.1, 0.15) is 5.76 Å². The summed E-state index contributed by atoms with van der Waals surface area (Å²) in [5.41, 5.74) is 5.91. The maximum Gasteiger partial charge on any atom is 0.241 e. The van der Waals surface area contributed by atoms with Crippen LogP contribution in [0.1, 0.15) is 45.5 Å². The molecule has 0 radical (unpaired) electrons. The second-order valence-electron chi connectivity index (χ2n) is 27.0. The predicted molar refractivity (Wildman–Crippen MR) is 318 cm³/mol. The molecule has 30 aromatic rings. The monoisotopic (exact) mass is 971 g/mol. The van der Waals surface area contributed by atoms with Gasteiger partial charge < -0.3 is 4.42 Å². The van der Waals surface area contributed by atoms with Gasteiger partial charge in [0.05, 0.1) is 22.6 Å². The van der Waals surface area contributed by atoms with Crippen molar-refractivity contribution in [3.05, 3.63) is 76.2 Å². The molecule has 1 unspecified atom stereocenters. The number of aryl methyl sites for hydroxylation is 1. The zero-order valence-electron chi connectivity index (χ0n) is 39.3. The van der Waals surface area contributed by atoms with Gasteiger partial charge in [0.2, 0.25) is 10.0 Å². The van der Waals surface area contributed by atoms with E-state index in [-0.39, 0.29) is 5.92 Å². The molecule has 1 N–H and O–H groups in total. The van der Waals surface area contributed by atoms with E-state index >= 15 is 8.42 Å². The van der Waals surface area contributed by atoms with Crippen molar-refractivity contribution in [2.24, 2.45) is 0 Å². The average molecular weight is 972 g/mol. The Labute approximate surface area is 421 Å². The van der Waals surface area contributed by atoms with Gasteiger partial charge in [-0.25, -0.2) is 8.42 Å². The summed E-state index contributed by atoms with van der Waals surface area (Å²) in [6, 6.07) is 10.8. The Morgan fingerprint density at radius 3 is 0.870 bits per heavy atom. The molecule has 34 rings (SSSR count). The molecule has 0 saturated carbocycles. The first-order valence-electron chi connectivity index (χ1n) is 27.9. The molecule has 0 saturated heterocycles. The maximum atomic E-state index is 16.0. The van der Waals surface area contributed by atoms with Crippen molar-refractivity contribution in [1.82, 2.24) is 4.72 Å². The molecule has 0 fully saturated rings. The highest BCUT2D eigenvalue weighted by Gasteiger charge is 2.66. The van der Waals surface area contributed by atoms with Gasteiger partial charge in [-0.1, -0.05) is 17.7 Å². The minimum Gasteiger partial charge on any atom is -0.468 e. The first kappa shape index (κ1) is 30.4. The second-order valence-corrected chi connectivity index (χ2v) is 28.7. The van der Waals surface area contributed by atoms with Crippen molar-refractivity contribution in [1.29, 1.82) is 0 Å². The third kappa shape index (κ3) is 1.80. The van der Waals surface area contributed by atoms with E-state index in [1.54, 1.807) is 146 Å². The highest BCUT2D eigenvalue weighted by Crippen LogP contribution is 2.84. The maximum absolute atomic E-state index is 16.0. The molecule has 330 valence electrons. The van der Waals surface area contributed by atoms with Crippen LogP contribution in [0.4, 0.5) is 0 Å². The van der Waals surface area contributed by atoms with Gasteiger partial charge in [-0.15, -0.1) is 0 Å². The number of rotatable bonds is 5. The van der Waals surface area contributed by atoms with Crippen LogP contribution >= 0.6 is 0 Å². The topological polar surface area (TPSA) is 59.3 Å². The van der Waals surface area contributed by atoms with Gasteiger partial charge >= 0.3 is 0 Å². The van der Waals surface area contributed by atoms with Crippen molar-refractivity contribution in [2.45, 2.75) is 29.2 Å². The number of benzene rings is 19. The van der Waals surface area contributed by atoms with E-state index in [2.05, 4.69) is 10.8 Å². The van der Waals surface area contributed by atoms with Crippen LogP contribution in [-0.4, -0.2) is 8.42 Å². The minimum atomic E-state index is -4.14. The fraction of sp³-hybridized carbons (Fsp3) is 0.0556. The van der Waals surface area contributed by atoms with Crippen molar-refractivity contribution in [3.63, 3.8) is 0 Å². The van der Waals surface area contributed by atoms with E-state index in [0.29, 0.717) is 10.7 Å². The molecule has 4 aliphatic carbocycles. The molecule has 1 heterocycles. The number of hydrogen-bond donors (Lipinski definition) is 1. The lowest BCUT2D eigenvalue weighted by Crippen LogP contribution is -2.49. The van der Waals surface area contributed by atoms with E-state index in [0.717, 1.165) is 5.56 Å². The van der Waals surface area contributed by atoms with Gasteiger partial charge in [-0.2, -0.15) is 4.72 Å². The summed E-state index contributed by atoms with van der Waals surface area (Å²) in [5.74, 6) is 0.530. The Kier molecular flexibility index (Phi) is 2.84. The van der Waals surface area contributed by atoms with Crippen LogP contribution in [0, 0.1) is 6.92 Å². The van der Waals surface area contributed by atoms with Crippen LogP contribution < -0.4 is 4.72 Å². The lowest BCUT2D eigenvalue weighted by Gasteiger charge is -2.49. The second kappa shape index (κ2) is 7.19. The molecule has 0 aliphatic heterocycles. The summed E-state index contributed by atoms with van der Waals surface area (Å²) in [5, 5.41) is 82.7. The van der Waals surface area contributed by atoms with Crippen LogP contribution in [0.25, 0.3) is 291 Å². The SMILES string of the molecule is Cc1ccc(S(=O)(=O)NC(c2ccco2)C23c4c5c6c7c8c9c(c%10c%11c2c2c4c4c%12c5c5c6c6c8c8c%13c9c9c%10c%10c%11c%11c2c2c4c4c%12c%12c5c5c6c8c6c8c%13c9c9c%10c%10c%11c2c2c4c4c%12c5c6c5c8c9c%10c2c45)C73)cc1. The van der Waals surface area contributed by atoms with Gasteiger partial charge in [0.25, 0.3) is 0 Å². The molecule has 0 amide bonds. The Morgan fingerprint density at radius 2 is 0.597 bits per heavy atom. The fourth-order valence-electron chi connectivity index (χ4n) is 25.5. The number of nitrogens with one attached hydrogen (secondary N) is 1. The molecule has 4 aliphatic rings. The third-order valence-corrected chi connectivity index (χ3v) is 27.5. The highest BCUT2D eigenvalue weighted by atomic mass is 32.2. The van der Waals surface area contributed by atoms with Gasteiger partial charge in [-0.3, -0.25) is 0 Å². The molecule has 29 aromatic carbocycles. The van der Waals surface area contributed by atoms with Crippen LogP contribution in [0.5, 0.6) is 0 Å². The van der Waals surface area contributed by atoms with Crippen molar-refractivity contribution in [2.75, 3.05) is 0 Å². The molecule has 1 atom stereocenters. The fourth-order valence-corrected chi connectivity index (χ4v) is 26.7. The van der Waals surface area contributed by atoms with Gasteiger partial charge in [-0.05, 0) is 344 Å². The Morgan fingerprint density at radius 1 is 0.351 bits per heavy atom. The van der Waals surface area contributed by atoms with E-state index in [1.165, 1.54) is 173 Å². The van der Waals surface area contributed by atoms with Crippen LogP contribution in [0.3, 0.4) is 0 Å². The number of hydrogen-bond acceptors (Lipinski definition) is 3. The highest BCUT2D eigenvalue weighted by molar-refractivity contribution is 7.89. The minimum absolute atomic E-state index is 0.163. The quantitative estimate of drug-likeness (QED) is 0.175. The molecular formula is C72H13NO3S.